The molecule has 2 aromatic heterocycles. The highest BCUT2D eigenvalue weighted by molar-refractivity contribution is 7.16. The smallest absolute Gasteiger partial charge is 0.234 e. The fourth-order valence-corrected chi connectivity index (χ4v) is 3.89. The standard InChI is InChI=1S/C13H19N5OS/c1-2-4-10(3-1)14-7-11-17-18-12(9-5-6-19-8-9)15-16-13(18)20-11/h9-10,14H,1-8H2. The van der Waals surface area contributed by atoms with Gasteiger partial charge in [-0.25, -0.2) is 0 Å². The van der Waals surface area contributed by atoms with Gasteiger partial charge in [0.1, 0.15) is 5.01 Å². The van der Waals surface area contributed by atoms with Gasteiger partial charge in [-0.05, 0) is 19.3 Å². The zero-order chi connectivity index (χ0) is 13.4. The van der Waals surface area contributed by atoms with E-state index in [0.717, 1.165) is 42.0 Å². The molecule has 1 saturated carbocycles. The summed E-state index contributed by atoms with van der Waals surface area (Å²) >= 11 is 1.64. The van der Waals surface area contributed by atoms with Crippen LogP contribution in [0.5, 0.6) is 0 Å². The quantitative estimate of drug-likeness (QED) is 0.930. The lowest BCUT2D eigenvalue weighted by Crippen LogP contribution is -2.25. The van der Waals surface area contributed by atoms with Gasteiger partial charge in [-0.2, -0.15) is 9.61 Å². The largest absolute Gasteiger partial charge is 0.381 e. The van der Waals surface area contributed by atoms with Crippen molar-refractivity contribution in [2.75, 3.05) is 13.2 Å². The Morgan fingerprint density at radius 2 is 2.15 bits per heavy atom. The number of nitrogens with zero attached hydrogens (tertiary/aromatic N) is 4. The Bertz CT molecular complexity index is 583. The molecule has 2 aliphatic rings. The minimum atomic E-state index is 0.350. The Balaban J connectivity index is 1.50. The second-order valence-corrected chi connectivity index (χ2v) is 6.71. The number of aromatic nitrogens is 4. The highest BCUT2D eigenvalue weighted by Gasteiger charge is 2.25. The van der Waals surface area contributed by atoms with E-state index in [1.54, 1.807) is 11.3 Å². The van der Waals surface area contributed by atoms with Crippen LogP contribution in [0, 0.1) is 0 Å². The van der Waals surface area contributed by atoms with Crippen LogP contribution >= 0.6 is 11.3 Å². The molecule has 108 valence electrons. The van der Waals surface area contributed by atoms with E-state index in [0.29, 0.717) is 12.0 Å². The van der Waals surface area contributed by atoms with Gasteiger partial charge in [-0.1, -0.05) is 24.2 Å². The molecule has 4 rings (SSSR count). The molecule has 0 amide bonds. The van der Waals surface area contributed by atoms with Crippen molar-refractivity contribution in [2.24, 2.45) is 0 Å². The van der Waals surface area contributed by atoms with Crippen LogP contribution in [0.3, 0.4) is 0 Å². The van der Waals surface area contributed by atoms with Crippen molar-refractivity contribution in [1.82, 2.24) is 25.1 Å². The van der Waals surface area contributed by atoms with E-state index < -0.39 is 0 Å². The van der Waals surface area contributed by atoms with Gasteiger partial charge in [-0.15, -0.1) is 10.2 Å². The molecule has 1 saturated heterocycles. The highest BCUT2D eigenvalue weighted by Crippen LogP contribution is 2.26. The second kappa shape index (κ2) is 5.38. The molecule has 0 radical (unpaired) electrons. The summed E-state index contributed by atoms with van der Waals surface area (Å²) in [5, 5.41) is 17.9. The topological polar surface area (TPSA) is 64.3 Å². The third kappa shape index (κ3) is 2.34. The molecule has 1 unspecified atom stereocenters. The number of fused-ring (bicyclic) bond motifs is 1. The number of hydrogen-bond donors (Lipinski definition) is 1. The first-order valence-electron chi connectivity index (χ1n) is 7.42. The fraction of sp³-hybridized carbons (Fsp3) is 0.769. The van der Waals surface area contributed by atoms with Crippen molar-refractivity contribution in [2.45, 2.75) is 50.6 Å². The van der Waals surface area contributed by atoms with Crippen LogP contribution in [0.25, 0.3) is 4.96 Å². The Morgan fingerprint density at radius 3 is 2.95 bits per heavy atom. The predicted octanol–water partition coefficient (Wildman–Crippen LogP) is 1.72. The highest BCUT2D eigenvalue weighted by atomic mass is 32.1. The van der Waals surface area contributed by atoms with Crippen LogP contribution in [0.1, 0.15) is 48.9 Å². The third-order valence-corrected chi connectivity index (χ3v) is 5.15. The Kier molecular flexibility index (Phi) is 3.41. The van der Waals surface area contributed by atoms with Crippen LogP contribution in [0.2, 0.25) is 0 Å². The number of nitrogens with one attached hydrogen (secondary N) is 1. The molecule has 6 nitrogen and oxygen atoms in total. The lowest BCUT2D eigenvalue weighted by molar-refractivity contribution is 0.193. The van der Waals surface area contributed by atoms with Crippen molar-refractivity contribution < 1.29 is 4.74 Å². The van der Waals surface area contributed by atoms with Gasteiger partial charge in [0.25, 0.3) is 0 Å². The van der Waals surface area contributed by atoms with E-state index in [2.05, 4.69) is 20.6 Å². The van der Waals surface area contributed by atoms with Crippen LogP contribution < -0.4 is 5.32 Å². The van der Waals surface area contributed by atoms with Crippen molar-refractivity contribution in [3.63, 3.8) is 0 Å². The molecule has 20 heavy (non-hydrogen) atoms. The van der Waals surface area contributed by atoms with Gasteiger partial charge in [0, 0.05) is 25.1 Å². The summed E-state index contributed by atoms with van der Waals surface area (Å²) in [5.41, 5.74) is 0. The van der Waals surface area contributed by atoms with Crippen molar-refractivity contribution in [3.05, 3.63) is 10.8 Å². The maximum atomic E-state index is 5.43. The molecular weight excluding hydrogens is 274 g/mol. The molecule has 0 spiro atoms. The molecule has 1 aliphatic carbocycles. The summed E-state index contributed by atoms with van der Waals surface area (Å²) in [7, 11) is 0. The van der Waals surface area contributed by atoms with E-state index in [4.69, 9.17) is 4.74 Å². The van der Waals surface area contributed by atoms with Crippen molar-refractivity contribution in [3.8, 4) is 0 Å². The van der Waals surface area contributed by atoms with E-state index in [1.165, 1.54) is 25.7 Å². The van der Waals surface area contributed by atoms with Crippen LogP contribution in [0.4, 0.5) is 0 Å². The molecule has 0 aromatic carbocycles. The zero-order valence-corrected chi connectivity index (χ0v) is 12.2. The SMILES string of the molecule is C1CCC(NCc2nn3c(C4CCOC4)nnc3s2)C1. The first kappa shape index (κ1) is 12.7. The number of hydrogen-bond acceptors (Lipinski definition) is 6. The molecule has 2 fully saturated rings. The monoisotopic (exact) mass is 293 g/mol. The number of rotatable bonds is 4. The minimum absolute atomic E-state index is 0.350. The van der Waals surface area contributed by atoms with Gasteiger partial charge in [0.15, 0.2) is 5.82 Å². The molecule has 1 atom stereocenters. The summed E-state index contributed by atoms with van der Waals surface area (Å²) < 4.78 is 7.35. The fourth-order valence-electron chi connectivity index (χ4n) is 3.10. The molecule has 1 N–H and O–H groups in total. The first-order chi connectivity index (χ1) is 9.90. The molecule has 0 bridgehead atoms. The lowest BCUT2D eigenvalue weighted by atomic mass is 10.1. The van der Waals surface area contributed by atoms with Crippen LogP contribution in [-0.4, -0.2) is 39.1 Å². The predicted molar refractivity (Wildman–Crippen MR) is 75.9 cm³/mol. The van der Waals surface area contributed by atoms with Crippen molar-refractivity contribution in [1.29, 1.82) is 0 Å². The Morgan fingerprint density at radius 1 is 1.25 bits per heavy atom. The summed E-state index contributed by atoms with van der Waals surface area (Å²) in [4.78, 5) is 0.898. The second-order valence-electron chi connectivity index (χ2n) is 5.67. The van der Waals surface area contributed by atoms with Crippen LogP contribution in [-0.2, 0) is 11.3 Å². The summed E-state index contributed by atoms with van der Waals surface area (Å²) in [6.07, 6.45) is 6.33. The Hall–Kier alpha value is -1.05. The van der Waals surface area contributed by atoms with E-state index in [9.17, 15) is 0 Å². The Labute approximate surface area is 121 Å². The average molecular weight is 293 g/mol. The molecule has 1 aliphatic heterocycles. The summed E-state index contributed by atoms with van der Waals surface area (Å²) in [5.74, 6) is 1.31. The van der Waals surface area contributed by atoms with Gasteiger partial charge >= 0.3 is 0 Å². The molecule has 2 aromatic rings. The maximum Gasteiger partial charge on any atom is 0.234 e. The van der Waals surface area contributed by atoms with Crippen LogP contribution in [0.15, 0.2) is 0 Å². The first-order valence-corrected chi connectivity index (χ1v) is 8.24. The van der Waals surface area contributed by atoms with E-state index in [-0.39, 0.29) is 0 Å². The number of ether oxygens (including phenoxy) is 1. The molecule has 7 heteroatoms. The summed E-state index contributed by atoms with van der Waals surface area (Å²) in [6, 6.07) is 0.673. The van der Waals surface area contributed by atoms with Gasteiger partial charge in [-0.3, -0.25) is 0 Å². The van der Waals surface area contributed by atoms with Gasteiger partial charge in [0.2, 0.25) is 4.96 Å². The molecular formula is C13H19N5OS. The van der Waals surface area contributed by atoms with E-state index in [1.807, 2.05) is 4.52 Å². The average Bonchev–Trinajstić information content (AvgIpc) is 3.20. The van der Waals surface area contributed by atoms with Gasteiger partial charge < -0.3 is 10.1 Å². The maximum absolute atomic E-state index is 5.43. The normalized spacial score (nSPS) is 24.1. The zero-order valence-electron chi connectivity index (χ0n) is 11.4. The van der Waals surface area contributed by atoms with Gasteiger partial charge in [0.05, 0.1) is 6.61 Å². The molecule has 3 heterocycles. The third-order valence-electron chi connectivity index (χ3n) is 4.25. The minimum Gasteiger partial charge on any atom is -0.381 e. The lowest BCUT2D eigenvalue weighted by Gasteiger charge is -2.09. The summed E-state index contributed by atoms with van der Waals surface area (Å²) in [6.45, 7) is 2.41. The van der Waals surface area contributed by atoms with E-state index >= 15 is 0 Å². The van der Waals surface area contributed by atoms with Crippen molar-refractivity contribution >= 4 is 16.3 Å².